The SMILES string of the molecule is C[C@@H](CN(C)C[C@@H]1CCN(C)[C@H]1c1cccnc1)CS(C)(=O)=O. The van der Waals surface area contributed by atoms with Crippen LogP contribution in [0.5, 0.6) is 0 Å². The summed E-state index contributed by atoms with van der Waals surface area (Å²) in [5.41, 5.74) is 1.27. The Morgan fingerprint density at radius 2 is 2.22 bits per heavy atom. The molecule has 2 rings (SSSR count). The summed E-state index contributed by atoms with van der Waals surface area (Å²) in [4.78, 5) is 8.94. The average molecular weight is 340 g/mol. The number of hydrogen-bond donors (Lipinski definition) is 0. The van der Waals surface area contributed by atoms with Gasteiger partial charge in [0.15, 0.2) is 0 Å². The van der Waals surface area contributed by atoms with Crippen LogP contribution >= 0.6 is 0 Å². The fourth-order valence-corrected chi connectivity index (χ4v) is 5.01. The molecule has 23 heavy (non-hydrogen) atoms. The van der Waals surface area contributed by atoms with Gasteiger partial charge in [-0.25, -0.2) is 8.42 Å². The Bertz CT molecular complexity index is 591. The fourth-order valence-electron chi connectivity index (χ4n) is 3.87. The minimum Gasteiger partial charge on any atom is -0.306 e. The number of pyridine rings is 1. The van der Waals surface area contributed by atoms with Crippen LogP contribution in [0.4, 0.5) is 0 Å². The lowest BCUT2D eigenvalue weighted by Crippen LogP contribution is -2.34. The maximum atomic E-state index is 11.4. The molecule has 0 bridgehead atoms. The van der Waals surface area contributed by atoms with Gasteiger partial charge in [-0.05, 0) is 50.5 Å². The molecule has 0 N–H and O–H groups in total. The summed E-state index contributed by atoms with van der Waals surface area (Å²) in [6.07, 6.45) is 6.26. The topological polar surface area (TPSA) is 53.5 Å². The van der Waals surface area contributed by atoms with Crippen LogP contribution in [-0.2, 0) is 9.84 Å². The third kappa shape index (κ3) is 5.55. The molecule has 0 aliphatic carbocycles. The Kier molecular flexibility index (Phi) is 6.17. The fraction of sp³-hybridized carbons (Fsp3) is 0.706. The number of likely N-dealkylation sites (tertiary alicyclic amines) is 1. The van der Waals surface area contributed by atoms with Gasteiger partial charge in [0.05, 0.1) is 5.75 Å². The first-order chi connectivity index (χ1) is 10.8. The molecule has 1 aromatic heterocycles. The molecule has 2 heterocycles. The molecule has 1 aromatic rings. The average Bonchev–Trinajstić information content (AvgIpc) is 2.78. The lowest BCUT2D eigenvalue weighted by Gasteiger charge is -2.29. The molecule has 0 saturated carbocycles. The van der Waals surface area contributed by atoms with E-state index in [9.17, 15) is 8.42 Å². The van der Waals surface area contributed by atoms with E-state index in [1.54, 1.807) is 0 Å². The highest BCUT2D eigenvalue weighted by molar-refractivity contribution is 7.90. The molecule has 1 saturated heterocycles. The lowest BCUT2D eigenvalue weighted by atomic mass is 9.94. The molecule has 0 unspecified atom stereocenters. The smallest absolute Gasteiger partial charge is 0.147 e. The molecule has 0 radical (unpaired) electrons. The van der Waals surface area contributed by atoms with Crippen molar-refractivity contribution in [3.8, 4) is 0 Å². The van der Waals surface area contributed by atoms with Gasteiger partial charge in [0.1, 0.15) is 9.84 Å². The van der Waals surface area contributed by atoms with Gasteiger partial charge in [-0.1, -0.05) is 13.0 Å². The highest BCUT2D eigenvalue weighted by atomic mass is 32.2. The van der Waals surface area contributed by atoms with E-state index in [1.165, 1.54) is 18.2 Å². The summed E-state index contributed by atoms with van der Waals surface area (Å²) in [5.74, 6) is 0.971. The molecule has 0 spiro atoms. The van der Waals surface area contributed by atoms with E-state index in [4.69, 9.17) is 0 Å². The molecule has 6 heteroatoms. The summed E-state index contributed by atoms with van der Waals surface area (Å²) in [7, 11) is 1.36. The van der Waals surface area contributed by atoms with Gasteiger partial charge in [0.2, 0.25) is 0 Å². The van der Waals surface area contributed by atoms with Crippen LogP contribution in [0.25, 0.3) is 0 Å². The van der Waals surface area contributed by atoms with Crippen molar-refractivity contribution in [3.05, 3.63) is 30.1 Å². The van der Waals surface area contributed by atoms with Crippen molar-refractivity contribution in [2.75, 3.05) is 45.7 Å². The predicted octanol–water partition coefficient (Wildman–Crippen LogP) is 1.69. The third-order valence-corrected chi connectivity index (χ3v) is 5.73. The van der Waals surface area contributed by atoms with Crippen LogP contribution in [0, 0.1) is 11.8 Å². The van der Waals surface area contributed by atoms with Crippen LogP contribution < -0.4 is 0 Å². The van der Waals surface area contributed by atoms with Crippen LogP contribution in [0.1, 0.15) is 24.9 Å². The van der Waals surface area contributed by atoms with Gasteiger partial charge in [0.25, 0.3) is 0 Å². The number of rotatable bonds is 7. The molecule has 0 amide bonds. The second kappa shape index (κ2) is 7.73. The summed E-state index contributed by atoms with van der Waals surface area (Å²) >= 11 is 0. The van der Waals surface area contributed by atoms with Crippen molar-refractivity contribution >= 4 is 9.84 Å². The van der Waals surface area contributed by atoms with Crippen LogP contribution in [0.15, 0.2) is 24.5 Å². The van der Waals surface area contributed by atoms with Crippen molar-refractivity contribution in [2.45, 2.75) is 19.4 Å². The number of sulfone groups is 1. The molecule has 1 aliphatic heterocycles. The summed E-state index contributed by atoms with van der Waals surface area (Å²) in [5, 5.41) is 0. The predicted molar refractivity (Wildman–Crippen MR) is 94.1 cm³/mol. The van der Waals surface area contributed by atoms with E-state index in [0.29, 0.717) is 12.0 Å². The quantitative estimate of drug-likeness (QED) is 0.757. The summed E-state index contributed by atoms with van der Waals surface area (Å²) in [6, 6.07) is 4.55. The van der Waals surface area contributed by atoms with Crippen molar-refractivity contribution in [2.24, 2.45) is 11.8 Å². The Hall–Kier alpha value is -0.980. The highest BCUT2D eigenvalue weighted by Crippen LogP contribution is 2.36. The second-order valence-electron chi connectivity index (χ2n) is 7.18. The minimum atomic E-state index is -2.90. The first kappa shape index (κ1) is 18.4. The van der Waals surface area contributed by atoms with E-state index in [2.05, 4.69) is 34.9 Å². The van der Waals surface area contributed by atoms with Crippen LogP contribution in [0.3, 0.4) is 0 Å². The third-order valence-electron chi connectivity index (χ3n) is 4.56. The van der Waals surface area contributed by atoms with Crippen LogP contribution in [-0.4, -0.2) is 68.9 Å². The van der Waals surface area contributed by atoms with E-state index in [-0.39, 0.29) is 11.7 Å². The minimum absolute atomic E-state index is 0.158. The second-order valence-corrected chi connectivity index (χ2v) is 9.36. The van der Waals surface area contributed by atoms with Crippen molar-refractivity contribution < 1.29 is 8.42 Å². The monoisotopic (exact) mass is 339 g/mol. The largest absolute Gasteiger partial charge is 0.306 e. The molecule has 0 aromatic carbocycles. The Labute approximate surface area is 140 Å². The maximum absolute atomic E-state index is 11.4. The molecule has 1 fully saturated rings. The summed E-state index contributed by atoms with van der Waals surface area (Å²) < 4.78 is 22.8. The molecular weight excluding hydrogens is 310 g/mol. The molecular formula is C17H29N3O2S. The lowest BCUT2D eigenvalue weighted by molar-refractivity contribution is 0.206. The van der Waals surface area contributed by atoms with Gasteiger partial charge in [-0.2, -0.15) is 0 Å². The van der Waals surface area contributed by atoms with Crippen LogP contribution in [0.2, 0.25) is 0 Å². The highest BCUT2D eigenvalue weighted by Gasteiger charge is 2.33. The van der Waals surface area contributed by atoms with Crippen molar-refractivity contribution in [1.29, 1.82) is 0 Å². The number of nitrogens with zero attached hydrogens (tertiary/aromatic N) is 3. The molecule has 5 nitrogen and oxygen atoms in total. The van der Waals surface area contributed by atoms with Crippen molar-refractivity contribution in [1.82, 2.24) is 14.8 Å². The normalized spacial score (nSPS) is 24.2. The molecule has 130 valence electrons. The zero-order chi connectivity index (χ0) is 17.0. The zero-order valence-corrected chi connectivity index (χ0v) is 15.5. The van der Waals surface area contributed by atoms with E-state index in [0.717, 1.165) is 19.6 Å². The Balaban J connectivity index is 1.95. The van der Waals surface area contributed by atoms with E-state index in [1.807, 2.05) is 25.4 Å². The van der Waals surface area contributed by atoms with E-state index >= 15 is 0 Å². The van der Waals surface area contributed by atoms with Gasteiger partial charge < -0.3 is 4.90 Å². The standard InChI is InChI=1S/C17H29N3O2S/c1-14(13-23(4,21)22)11-19(2)12-16-7-9-20(3)17(16)15-6-5-8-18-10-15/h5-6,8,10,14,16-17H,7,9,11-13H2,1-4H3/t14-,16-,17-/m0/s1. The zero-order valence-electron chi connectivity index (χ0n) is 14.6. The Morgan fingerprint density at radius 3 is 2.83 bits per heavy atom. The molecule has 1 aliphatic rings. The number of aromatic nitrogens is 1. The summed E-state index contributed by atoms with van der Waals surface area (Å²) in [6.45, 7) is 4.90. The first-order valence-electron chi connectivity index (χ1n) is 8.22. The van der Waals surface area contributed by atoms with Gasteiger partial charge in [-0.15, -0.1) is 0 Å². The van der Waals surface area contributed by atoms with Gasteiger partial charge in [0, 0.05) is 37.8 Å². The van der Waals surface area contributed by atoms with Gasteiger partial charge in [-0.3, -0.25) is 9.88 Å². The van der Waals surface area contributed by atoms with E-state index < -0.39 is 9.84 Å². The maximum Gasteiger partial charge on any atom is 0.147 e. The van der Waals surface area contributed by atoms with Gasteiger partial charge >= 0.3 is 0 Å². The molecule has 3 atom stereocenters. The van der Waals surface area contributed by atoms with Crippen molar-refractivity contribution in [3.63, 3.8) is 0 Å². The first-order valence-corrected chi connectivity index (χ1v) is 10.3. The Morgan fingerprint density at radius 1 is 1.48 bits per heavy atom. The number of hydrogen-bond acceptors (Lipinski definition) is 5.